The van der Waals surface area contributed by atoms with Crippen molar-refractivity contribution < 1.29 is 9.90 Å². The molecular weight excluding hydrogens is 382 g/mol. The van der Waals surface area contributed by atoms with E-state index < -0.39 is 0 Å². The largest absolute Gasteiger partial charge is 0.400 e. The summed E-state index contributed by atoms with van der Waals surface area (Å²) in [7, 11) is 4.75. The highest BCUT2D eigenvalue weighted by Crippen LogP contribution is 2.67. The monoisotopic (exact) mass is 437 g/mol. The molecule has 7 atom stereocenters. The third-order valence-corrected chi connectivity index (χ3v) is 9.65. The number of aliphatic hydroxyl groups excluding tert-OH is 1. The Hall–Kier alpha value is -0.410. The maximum Gasteiger partial charge on any atom is 0.119 e. The Bertz CT molecular complexity index is 495. The maximum atomic E-state index is 10.7. The molecule has 0 aromatic rings. The van der Waals surface area contributed by atoms with E-state index in [0.717, 1.165) is 55.8 Å². The van der Waals surface area contributed by atoms with E-state index in [2.05, 4.69) is 19.2 Å². The Morgan fingerprint density at radius 1 is 0.871 bits per heavy atom. The minimum atomic E-state index is 0.599. The second-order valence-corrected chi connectivity index (χ2v) is 10.8. The van der Waals surface area contributed by atoms with Gasteiger partial charge in [-0.05, 0) is 119 Å². The van der Waals surface area contributed by atoms with Crippen molar-refractivity contribution in [3.05, 3.63) is 0 Å². The number of nitrogens with one attached hydrogen (secondary N) is 1. The molecule has 0 spiro atoms. The van der Waals surface area contributed by atoms with Gasteiger partial charge < -0.3 is 15.2 Å². The molecule has 0 saturated heterocycles. The normalized spacial score (nSPS) is 40.2. The van der Waals surface area contributed by atoms with Gasteiger partial charge in [0.2, 0.25) is 0 Å². The number of rotatable bonds is 4. The molecule has 7 unspecified atom stereocenters. The fraction of sp³-hybridized carbons (Fsp3) is 0.964. The molecule has 0 radical (unpaired) electrons. The topological polar surface area (TPSA) is 49.3 Å². The van der Waals surface area contributed by atoms with Gasteiger partial charge in [0.1, 0.15) is 6.29 Å². The standard InChI is InChI=1S/C23H38O.C2H7N.C2H6.CH4O/c1-22-14-5-3-7-17(22)9-11-19-20-12-10-18(8-4-6-16-24)23(20,2)15-13-21(19)22;1-3-2;2*1-2/h16-21H,3-15H2,1-2H3;3H,1-2H3;1-2H3;2H,1H3. The Kier molecular flexibility index (Phi) is 12.9. The molecule has 4 aliphatic rings. The smallest absolute Gasteiger partial charge is 0.119 e. The van der Waals surface area contributed by atoms with Crippen molar-refractivity contribution in [1.82, 2.24) is 5.32 Å². The molecule has 31 heavy (non-hydrogen) atoms. The van der Waals surface area contributed by atoms with Gasteiger partial charge in [-0.15, -0.1) is 0 Å². The van der Waals surface area contributed by atoms with Crippen molar-refractivity contribution in [1.29, 1.82) is 0 Å². The second kappa shape index (κ2) is 14.0. The first-order chi connectivity index (χ1) is 15.0. The number of fused-ring (bicyclic) bond motifs is 5. The first kappa shape index (κ1) is 28.6. The number of unbranched alkanes of at least 4 members (excludes halogenated alkanes) is 1. The third kappa shape index (κ3) is 6.14. The van der Waals surface area contributed by atoms with Crippen LogP contribution in [0.4, 0.5) is 0 Å². The van der Waals surface area contributed by atoms with E-state index in [1.54, 1.807) is 0 Å². The van der Waals surface area contributed by atoms with Crippen LogP contribution in [0.3, 0.4) is 0 Å². The zero-order valence-corrected chi connectivity index (χ0v) is 22.0. The lowest BCUT2D eigenvalue weighted by Gasteiger charge is -2.60. The fourth-order valence-electron chi connectivity index (χ4n) is 8.33. The average molecular weight is 438 g/mol. The van der Waals surface area contributed by atoms with Crippen LogP contribution in [0.2, 0.25) is 0 Å². The molecule has 0 aromatic carbocycles. The first-order valence-electron chi connectivity index (χ1n) is 13.5. The molecule has 0 bridgehead atoms. The lowest BCUT2D eigenvalue weighted by atomic mass is 9.45. The molecule has 0 aromatic heterocycles. The van der Waals surface area contributed by atoms with Crippen LogP contribution in [0, 0.1) is 40.4 Å². The summed E-state index contributed by atoms with van der Waals surface area (Å²) in [4.78, 5) is 10.7. The number of carbonyl (C=O) groups excluding carboxylic acids is 1. The van der Waals surface area contributed by atoms with Gasteiger partial charge in [-0.25, -0.2) is 0 Å². The predicted octanol–water partition coefficient (Wildman–Crippen LogP) is 6.87. The molecule has 0 amide bonds. The summed E-state index contributed by atoms with van der Waals surface area (Å²) in [6.07, 6.45) is 19.4. The van der Waals surface area contributed by atoms with Crippen molar-refractivity contribution in [3.8, 4) is 0 Å². The zero-order chi connectivity index (χ0) is 23.5. The fourth-order valence-corrected chi connectivity index (χ4v) is 8.33. The van der Waals surface area contributed by atoms with Crippen LogP contribution in [-0.4, -0.2) is 32.6 Å². The zero-order valence-electron chi connectivity index (χ0n) is 22.0. The highest BCUT2D eigenvalue weighted by Gasteiger charge is 2.59. The van der Waals surface area contributed by atoms with Crippen LogP contribution in [0.25, 0.3) is 0 Å². The summed E-state index contributed by atoms with van der Waals surface area (Å²) in [5, 5.41) is 9.75. The second-order valence-electron chi connectivity index (χ2n) is 10.8. The molecule has 4 saturated carbocycles. The summed E-state index contributed by atoms with van der Waals surface area (Å²) in [6, 6.07) is 0. The van der Waals surface area contributed by atoms with Gasteiger partial charge in [0.25, 0.3) is 0 Å². The lowest BCUT2D eigenvalue weighted by Crippen LogP contribution is -2.52. The van der Waals surface area contributed by atoms with E-state index in [4.69, 9.17) is 5.11 Å². The number of hydrogen-bond donors (Lipinski definition) is 2. The number of aldehydes is 1. The Morgan fingerprint density at radius 2 is 1.52 bits per heavy atom. The van der Waals surface area contributed by atoms with Crippen LogP contribution >= 0.6 is 0 Å². The van der Waals surface area contributed by atoms with Gasteiger partial charge in [0.15, 0.2) is 0 Å². The van der Waals surface area contributed by atoms with E-state index in [1.807, 2.05) is 27.9 Å². The van der Waals surface area contributed by atoms with E-state index in [9.17, 15) is 4.79 Å². The molecule has 3 heteroatoms. The van der Waals surface area contributed by atoms with Gasteiger partial charge in [-0.1, -0.05) is 40.5 Å². The molecule has 4 fully saturated rings. The molecular formula is C28H55NO2. The van der Waals surface area contributed by atoms with E-state index in [0.29, 0.717) is 10.8 Å². The maximum absolute atomic E-state index is 10.7. The van der Waals surface area contributed by atoms with Crippen molar-refractivity contribution >= 4 is 6.29 Å². The molecule has 4 rings (SSSR count). The van der Waals surface area contributed by atoms with Crippen molar-refractivity contribution in [2.75, 3.05) is 21.2 Å². The molecule has 184 valence electrons. The number of carbonyl (C=O) groups is 1. The van der Waals surface area contributed by atoms with E-state index >= 15 is 0 Å². The highest BCUT2D eigenvalue weighted by atomic mass is 16.2. The molecule has 0 heterocycles. The van der Waals surface area contributed by atoms with Gasteiger partial charge in [-0.3, -0.25) is 0 Å². The van der Waals surface area contributed by atoms with Crippen molar-refractivity contribution in [2.45, 2.75) is 111 Å². The van der Waals surface area contributed by atoms with Crippen LogP contribution in [0.1, 0.15) is 111 Å². The van der Waals surface area contributed by atoms with E-state index in [1.165, 1.54) is 70.6 Å². The molecule has 0 aliphatic heterocycles. The van der Waals surface area contributed by atoms with Crippen molar-refractivity contribution in [2.24, 2.45) is 40.4 Å². The minimum absolute atomic E-state index is 0.599. The van der Waals surface area contributed by atoms with Crippen LogP contribution in [-0.2, 0) is 4.79 Å². The van der Waals surface area contributed by atoms with Gasteiger partial charge in [0.05, 0.1) is 0 Å². The Morgan fingerprint density at radius 3 is 2.16 bits per heavy atom. The Balaban J connectivity index is 0.000000620. The summed E-state index contributed by atoms with van der Waals surface area (Å²) in [6.45, 7) is 9.33. The highest BCUT2D eigenvalue weighted by molar-refractivity contribution is 5.48. The van der Waals surface area contributed by atoms with Gasteiger partial charge >= 0.3 is 0 Å². The molecule has 2 N–H and O–H groups in total. The molecule has 4 aliphatic carbocycles. The number of hydrogen-bond acceptors (Lipinski definition) is 3. The SMILES string of the molecule is CC.CC12CCCCC1CCC1C2CCC2(C)C(CCCC=O)CCC12.CNC.CO. The average Bonchev–Trinajstić information content (AvgIpc) is 3.13. The summed E-state index contributed by atoms with van der Waals surface area (Å²) in [5.74, 6) is 5.00. The Labute approximate surface area is 194 Å². The molecule has 3 nitrogen and oxygen atoms in total. The van der Waals surface area contributed by atoms with Crippen LogP contribution < -0.4 is 5.32 Å². The lowest BCUT2D eigenvalue weighted by molar-refractivity contribution is -0.112. The predicted molar refractivity (Wildman–Crippen MR) is 134 cm³/mol. The number of aliphatic hydroxyl groups is 1. The van der Waals surface area contributed by atoms with Crippen molar-refractivity contribution in [3.63, 3.8) is 0 Å². The summed E-state index contributed by atoms with van der Waals surface area (Å²) < 4.78 is 0. The van der Waals surface area contributed by atoms with Gasteiger partial charge in [-0.2, -0.15) is 0 Å². The minimum Gasteiger partial charge on any atom is -0.400 e. The summed E-state index contributed by atoms with van der Waals surface area (Å²) in [5.41, 5.74) is 1.28. The van der Waals surface area contributed by atoms with E-state index in [-0.39, 0.29) is 0 Å². The van der Waals surface area contributed by atoms with Gasteiger partial charge in [0, 0.05) is 13.5 Å². The first-order valence-corrected chi connectivity index (χ1v) is 13.5. The van der Waals surface area contributed by atoms with Crippen LogP contribution in [0.5, 0.6) is 0 Å². The van der Waals surface area contributed by atoms with Crippen LogP contribution in [0.15, 0.2) is 0 Å². The summed E-state index contributed by atoms with van der Waals surface area (Å²) >= 11 is 0. The third-order valence-electron chi connectivity index (χ3n) is 9.65. The quantitative estimate of drug-likeness (QED) is 0.372.